The number of rotatable bonds is 4. The Morgan fingerprint density at radius 1 is 1.17 bits per heavy atom. The first-order valence-corrected chi connectivity index (χ1v) is 9.65. The molecule has 2 heterocycles. The molecule has 0 aromatic heterocycles. The van der Waals surface area contributed by atoms with Gasteiger partial charge < -0.3 is 19.4 Å². The van der Waals surface area contributed by atoms with Crippen LogP contribution in [0.15, 0.2) is 0 Å². The number of nitrogens with zero attached hydrogens (tertiary/aromatic N) is 3. The van der Waals surface area contributed by atoms with Crippen molar-refractivity contribution in [2.45, 2.75) is 12.5 Å². The molecule has 132 valence electrons. The Morgan fingerprint density at radius 3 is 2.35 bits per heavy atom. The number of carbonyl (C=O) groups excluding carboxylic acids is 2. The van der Waals surface area contributed by atoms with Crippen molar-refractivity contribution in [1.82, 2.24) is 14.7 Å². The van der Waals surface area contributed by atoms with Gasteiger partial charge in [-0.05, 0) is 20.5 Å². The Kier molecular flexibility index (Phi) is 5.99. The summed E-state index contributed by atoms with van der Waals surface area (Å²) in [6.45, 7) is 2.58. The molecular formula is C14H25N3O5S. The highest BCUT2D eigenvalue weighted by Gasteiger charge is 2.38. The Bertz CT molecular complexity index is 543. The summed E-state index contributed by atoms with van der Waals surface area (Å²) in [7, 11) is 0.630. The van der Waals surface area contributed by atoms with E-state index < -0.39 is 27.7 Å². The SMILES string of the molecule is CN(C)CCN(C(=O)C(=O)N1CCOCC1)C1CCS(=O)(=O)C1. The van der Waals surface area contributed by atoms with Crippen LogP contribution in [0.1, 0.15) is 6.42 Å². The zero-order chi connectivity index (χ0) is 17.0. The van der Waals surface area contributed by atoms with Crippen LogP contribution >= 0.6 is 0 Å². The van der Waals surface area contributed by atoms with Crippen LogP contribution in [0.2, 0.25) is 0 Å². The third-order valence-electron chi connectivity index (χ3n) is 4.18. The number of amides is 2. The monoisotopic (exact) mass is 347 g/mol. The Hall–Kier alpha value is -1.19. The number of ether oxygens (including phenoxy) is 1. The van der Waals surface area contributed by atoms with Gasteiger partial charge in [-0.3, -0.25) is 9.59 Å². The lowest BCUT2D eigenvalue weighted by Crippen LogP contribution is -2.53. The number of sulfone groups is 1. The summed E-state index contributed by atoms with van der Waals surface area (Å²) in [4.78, 5) is 29.9. The predicted molar refractivity (Wildman–Crippen MR) is 84.7 cm³/mol. The van der Waals surface area contributed by atoms with E-state index in [9.17, 15) is 18.0 Å². The summed E-state index contributed by atoms with van der Waals surface area (Å²) >= 11 is 0. The summed E-state index contributed by atoms with van der Waals surface area (Å²) < 4.78 is 28.6. The number of carbonyl (C=O) groups is 2. The molecule has 8 nitrogen and oxygen atoms in total. The topological polar surface area (TPSA) is 87.2 Å². The van der Waals surface area contributed by atoms with Crippen LogP contribution in [-0.4, -0.2) is 106 Å². The summed E-state index contributed by atoms with van der Waals surface area (Å²) in [5.41, 5.74) is 0. The lowest BCUT2D eigenvalue weighted by molar-refractivity contribution is -0.155. The van der Waals surface area contributed by atoms with Gasteiger partial charge in [-0.15, -0.1) is 0 Å². The van der Waals surface area contributed by atoms with E-state index in [2.05, 4.69) is 0 Å². The quantitative estimate of drug-likeness (QED) is 0.571. The Balaban J connectivity index is 2.08. The second-order valence-electron chi connectivity index (χ2n) is 6.26. The molecule has 2 amide bonds. The highest BCUT2D eigenvalue weighted by molar-refractivity contribution is 7.91. The zero-order valence-corrected chi connectivity index (χ0v) is 14.5. The first-order valence-electron chi connectivity index (χ1n) is 7.83. The average Bonchev–Trinajstić information content (AvgIpc) is 2.87. The molecule has 2 saturated heterocycles. The van der Waals surface area contributed by atoms with Gasteiger partial charge in [0.1, 0.15) is 0 Å². The van der Waals surface area contributed by atoms with E-state index in [4.69, 9.17) is 4.74 Å². The molecule has 0 N–H and O–H groups in total. The maximum Gasteiger partial charge on any atom is 0.312 e. The van der Waals surface area contributed by atoms with Crippen molar-refractivity contribution in [3.8, 4) is 0 Å². The molecule has 9 heteroatoms. The van der Waals surface area contributed by atoms with Gasteiger partial charge in [0, 0.05) is 32.2 Å². The zero-order valence-electron chi connectivity index (χ0n) is 13.7. The second kappa shape index (κ2) is 7.59. The summed E-state index contributed by atoms with van der Waals surface area (Å²) in [6.07, 6.45) is 0.401. The molecule has 0 saturated carbocycles. The fourth-order valence-corrected chi connectivity index (χ4v) is 4.53. The highest BCUT2D eigenvalue weighted by Crippen LogP contribution is 2.18. The molecule has 2 aliphatic heterocycles. The van der Waals surface area contributed by atoms with Crippen molar-refractivity contribution >= 4 is 21.7 Å². The van der Waals surface area contributed by atoms with E-state index in [1.165, 1.54) is 9.80 Å². The smallest absolute Gasteiger partial charge is 0.312 e. The van der Waals surface area contributed by atoms with Crippen molar-refractivity contribution in [1.29, 1.82) is 0 Å². The van der Waals surface area contributed by atoms with Crippen molar-refractivity contribution in [3.63, 3.8) is 0 Å². The molecule has 2 fully saturated rings. The van der Waals surface area contributed by atoms with Crippen LogP contribution in [0.4, 0.5) is 0 Å². The van der Waals surface area contributed by atoms with E-state index in [1.54, 1.807) is 0 Å². The molecule has 2 aliphatic rings. The number of hydrogen-bond donors (Lipinski definition) is 0. The van der Waals surface area contributed by atoms with E-state index in [-0.39, 0.29) is 11.5 Å². The van der Waals surface area contributed by atoms with Crippen molar-refractivity contribution in [2.75, 3.05) is 65.0 Å². The van der Waals surface area contributed by atoms with Gasteiger partial charge in [0.15, 0.2) is 9.84 Å². The van der Waals surface area contributed by atoms with E-state index in [0.717, 1.165) is 0 Å². The number of morpholine rings is 1. The van der Waals surface area contributed by atoms with Gasteiger partial charge >= 0.3 is 11.8 Å². The van der Waals surface area contributed by atoms with Crippen LogP contribution in [-0.2, 0) is 24.2 Å². The second-order valence-corrected chi connectivity index (χ2v) is 8.49. The fraction of sp³-hybridized carbons (Fsp3) is 0.857. The minimum atomic E-state index is -3.12. The summed E-state index contributed by atoms with van der Waals surface area (Å²) in [6, 6.07) is -0.405. The predicted octanol–water partition coefficient (Wildman–Crippen LogP) is -1.58. The van der Waals surface area contributed by atoms with E-state index >= 15 is 0 Å². The van der Waals surface area contributed by atoms with Crippen molar-refractivity contribution < 1.29 is 22.7 Å². The van der Waals surface area contributed by atoms with Gasteiger partial charge in [0.2, 0.25) is 0 Å². The molecule has 1 atom stereocenters. The molecule has 23 heavy (non-hydrogen) atoms. The molecular weight excluding hydrogens is 322 g/mol. The summed E-state index contributed by atoms with van der Waals surface area (Å²) in [5.74, 6) is -1.13. The first kappa shape index (κ1) is 18.2. The van der Waals surface area contributed by atoms with Crippen molar-refractivity contribution in [2.24, 2.45) is 0 Å². The van der Waals surface area contributed by atoms with Crippen LogP contribution in [0.3, 0.4) is 0 Å². The lowest BCUT2D eigenvalue weighted by Gasteiger charge is -2.32. The normalized spacial score (nSPS) is 24.0. The Labute approximate surface area is 137 Å². The van der Waals surface area contributed by atoms with E-state index in [0.29, 0.717) is 45.8 Å². The van der Waals surface area contributed by atoms with Gasteiger partial charge in [-0.2, -0.15) is 0 Å². The average molecular weight is 347 g/mol. The van der Waals surface area contributed by atoms with Crippen LogP contribution < -0.4 is 0 Å². The molecule has 0 aromatic rings. The van der Waals surface area contributed by atoms with Crippen LogP contribution in [0, 0.1) is 0 Å². The first-order chi connectivity index (χ1) is 10.8. The van der Waals surface area contributed by atoms with E-state index in [1.807, 2.05) is 19.0 Å². The van der Waals surface area contributed by atoms with Gasteiger partial charge in [0.25, 0.3) is 0 Å². The number of hydrogen-bond acceptors (Lipinski definition) is 6. The molecule has 1 unspecified atom stereocenters. The molecule has 0 spiro atoms. The fourth-order valence-electron chi connectivity index (χ4n) is 2.80. The third-order valence-corrected chi connectivity index (χ3v) is 5.93. The largest absolute Gasteiger partial charge is 0.378 e. The van der Waals surface area contributed by atoms with Crippen LogP contribution in [0.5, 0.6) is 0 Å². The highest BCUT2D eigenvalue weighted by atomic mass is 32.2. The molecule has 2 rings (SSSR count). The molecule has 0 aromatic carbocycles. The Morgan fingerprint density at radius 2 is 1.83 bits per heavy atom. The maximum absolute atomic E-state index is 12.6. The molecule has 0 bridgehead atoms. The maximum atomic E-state index is 12.6. The minimum absolute atomic E-state index is 0.0530. The van der Waals surface area contributed by atoms with Crippen molar-refractivity contribution in [3.05, 3.63) is 0 Å². The van der Waals surface area contributed by atoms with Crippen LogP contribution in [0.25, 0.3) is 0 Å². The molecule has 0 radical (unpaired) electrons. The van der Waals surface area contributed by atoms with Gasteiger partial charge in [-0.25, -0.2) is 8.42 Å². The standard InChI is InChI=1S/C14H25N3O5S/c1-15(2)4-5-17(12-3-10-23(20,21)11-12)14(19)13(18)16-6-8-22-9-7-16/h12H,3-11H2,1-2H3. The third kappa shape index (κ3) is 4.89. The lowest BCUT2D eigenvalue weighted by atomic mass is 10.2. The van der Waals surface area contributed by atoms with Gasteiger partial charge in [0.05, 0.1) is 24.7 Å². The number of likely N-dealkylation sites (N-methyl/N-ethyl adjacent to an activating group) is 1. The molecule has 0 aliphatic carbocycles. The van der Waals surface area contributed by atoms with Gasteiger partial charge in [-0.1, -0.05) is 0 Å². The summed E-state index contributed by atoms with van der Waals surface area (Å²) in [5, 5.41) is 0. The minimum Gasteiger partial charge on any atom is -0.378 e.